The van der Waals surface area contributed by atoms with E-state index in [0.29, 0.717) is 5.02 Å². The number of hydrogen-bond acceptors (Lipinski definition) is 6. The van der Waals surface area contributed by atoms with Crippen molar-refractivity contribution >= 4 is 71.4 Å². The van der Waals surface area contributed by atoms with Gasteiger partial charge in [-0.1, -0.05) is 38.3 Å². The second-order valence-corrected chi connectivity index (χ2v) is 9.76. The maximum atomic E-state index is 6.26. The molecule has 0 fully saturated rings. The standard InChI is InChI=1S/C20H22ClN3S3/c1-3-5-9-24(10-6-4-2)18-12-17-16(26-18)11-15(25-17)13-7-8-14(21)20-19(13)22-27-23-20/h7-8,11-12H,3-6,9-10H2,1-2H3. The van der Waals surface area contributed by atoms with Gasteiger partial charge in [0.1, 0.15) is 11.0 Å². The fourth-order valence-corrected chi connectivity index (χ4v) is 6.46. The van der Waals surface area contributed by atoms with Crippen molar-refractivity contribution in [1.29, 1.82) is 0 Å². The zero-order valence-corrected chi connectivity index (χ0v) is 18.7. The molecule has 0 bridgehead atoms. The van der Waals surface area contributed by atoms with Crippen LogP contribution >= 0.6 is 46.0 Å². The molecule has 3 aromatic heterocycles. The summed E-state index contributed by atoms with van der Waals surface area (Å²) in [5.41, 5.74) is 2.85. The van der Waals surface area contributed by atoms with Gasteiger partial charge in [0.05, 0.1) is 21.8 Å². The molecular weight excluding hydrogens is 414 g/mol. The Balaban J connectivity index is 1.66. The molecule has 0 aliphatic heterocycles. The van der Waals surface area contributed by atoms with Gasteiger partial charge in [0.25, 0.3) is 0 Å². The maximum Gasteiger partial charge on any atom is 0.124 e. The van der Waals surface area contributed by atoms with Crippen molar-refractivity contribution in [2.75, 3.05) is 18.0 Å². The summed E-state index contributed by atoms with van der Waals surface area (Å²) in [5.74, 6) is 0. The Morgan fingerprint density at radius 2 is 1.63 bits per heavy atom. The summed E-state index contributed by atoms with van der Waals surface area (Å²) in [6.07, 6.45) is 4.97. The summed E-state index contributed by atoms with van der Waals surface area (Å²) >= 11 is 11.2. The predicted molar refractivity (Wildman–Crippen MR) is 123 cm³/mol. The van der Waals surface area contributed by atoms with Gasteiger partial charge in [0.2, 0.25) is 0 Å². The normalized spacial score (nSPS) is 11.7. The Morgan fingerprint density at radius 1 is 0.926 bits per heavy atom. The SMILES string of the molecule is CCCCN(CCCC)c1cc2sc(-c3ccc(Cl)c4nsnc34)cc2s1. The van der Waals surface area contributed by atoms with Crippen LogP contribution < -0.4 is 4.90 Å². The third kappa shape index (κ3) is 3.86. The molecule has 0 unspecified atom stereocenters. The molecule has 0 saturated heterocycles. The summed E-state index contributed by atoms with van der Waals surface area (Å²) < 4.78 is 11.5. The lowest BCUT2D eigenvalue weighted by Crippen LogP contribution is -2.24. The molecule has 0 atom stereocenters. The van der Waals surface area contributed by atoms with Crippen molar-refractivity contribution in [2.24, 2.45) is 0 Å². The molecule has 0 aliphatic carbocycles. The topological polar surface area (TPSA) is 29.0 Å². The molecule has 0 aliphatic rings. The van der Waals surface area contributed by atoms with Crippen molar-refractivity contribution < 1.29 is 0 Å². The van der Waals surface area contributed by atoms with E-state index in [1.54, 1.807) is 0 Å². The van der Waals surface area contributed by atoms with E-state index in [1.807, 2.05) is 28.7 Å². The van der Waals surface area contributed by atoms with Gasteiger partial charge in [0.15, 0.2) is 0 Å². The van der Waals surface area contributed by atoms with Gasteiger partial charge in [-0.25, -0.2) is 0 Å². The minimum absolute atomic E-state index is 0.672. The third-order valence-electron chi connectivity index (χ3n) is 4.70. The molecule has 0 N–H and O–H groups in total. The van der Waals surface area contributed by atoms with Crippen LogP contribution in [0, 0.1) is 0 Å². The zero-order chi connectivity index (χ0) is 18.8. The molecule has 4 rings (SSSR count). The Hall–Kier alpha value is -1.21. The summed E-state index contributed by atoms with van der Waals surface area (Å²) in [5, 5.41) is 2.08. The molecule has 0 saturated carbocycles. The average molecular weight is 436 g/mol. The molecule has 27 heavy (non-hydrogen) atoms. The molecule has 0 spiro atoms. The highest BCUT2D eigenvalue weighted by Crippen LogP contribution is 2.43. The number of aromatic nitrogens is 2. The van der Waals surface area contributed by atoms with Crippen molar-refractivity contribution in [1.82, 2.24) is 8.75 Å². The first kappa shape index (κ1) is 19.1. The fourth-order valence-electron chi connectivity index (χ4n) is 3.18. The number of halogens is 1. The number of rotatable bonds is 8. The van der Waals surface area contributed by atoms with Gasteiger partial charge in [-0.15, -0.1) is 22.7 Å². The fraction of sp³-hybridized carbons (Fsp3) is 0.400. The molecule has 3 nitrogen and oxygen atoms in total. The minimum atomic E-state index is 0.672. The summed E-state index contributed by atoms with van der Waals surface area (Å²) in [7, 11) is 0. The van der Waals surface area contributed by atoms with Crippen LogP contribution in [-0.4, -0.2) is 21.8 Å². The zero-order valence-electron chi connectivity index (χ0n) is 15.5. The van der Waals surface area contributed by atoms with E-state index in [9.17, 15) is 0 Å². The van der Waals surface area contributed by atoms with E-state index in [2.05, 4.69) is 45.7 Å². The molecule has 4 aromatic rings. The lowest BCUT2D eigenvalue weighted by atomic mass is 10.1. The van der Waals surface area contributed by atoms with Crippen LogP contribution in [0.3, 0.4) is 0 Å². The Morgan fingerprint density at radius 3 is 2.33 bits per heavy atom. The van der Waals surface area contributed by atoms with E-state index in [-0.39, 0.29) is 0 Å². The largest absolute Gasteiger partial charge is 0.363 e. The third-order valence-corrected chi connectivity index (χ3v) is 7.92. The summed E-state index contributed by atoms with van der Waals surface area (Å²) in [6.45, 7) is 6.83. The number of thiophene rings is 2. The van der Waals surface area contributed by atoms with Crippen molar-refractivity contribution in [3.05, 3.63) is 29.3 Å². The van der Waals surface area contributed by atoms with Gasteiger partial charge >= 0.3 is 0 Å². The van der Waals surface area contributed by atoms with Crippen LogP contribution in [0.4, 0.5) is 5.00 Å². The van der Waals surface area contributed by atoms with E-state index < -0.39 is 0 Å². The highest BCUT2D eigenvalue weighted by atomic mass is 35.5. The van der Waals surface area contributed by atoms with Gasteiger partial charge in [-0.05, 0) is 37.1 Å². The van der Waals surface area contributed by atoms with E-state index >= 15 is 0 Å². The van der Waals surface area contributed by atoms with Crippen LogP contribution in [0.25, 0.3) is 30.9 Å². The molecule has 0 amide bonds. The number of benzene rings is 1. The van der Waals surface area contributed by atoms with E-state index in [4.69, 9.17) is 11.6 Å². The quantitative estimate of drug-likeness (QED) is 0.284. The van der Waals surface area contributed by atoms with Crippen LogP contribution in [0.5, 0.6) is 0 Å². The Kier molecular flexibility index (Phi) is 5.97. The number of fused-ring (bicyclic) bond motifs is 2. The van der Waals surface area contributed by atoms with Gasteiger partial charge in [-0.3, -0.25) is 0 Å². The Bertz CT molecular complexity index is 1010. The van der Waals surface area contributed by atoms with Crippen LogP contribution in [0.15, 0.2) is 24.3 Å². The smallest absolute Gasteiger partial charge is 0.124 e. The molecule has 1 aromatic carbocycles. The second kappa shape index (κ2) is 8.43. The van der Waals surface area contributed by atoms with E-state index in [0.717, 1.165) is 29.7 Å². The number of nitrogens with zero attached hydrogens (tertiary/aromatic N) is 3. The van der Waals surface area contributed by atoms with Crippen LogP contribution in [-0.2, 0) is 0 Å². The van der Waals surface area contributed by atoms with Gasteiger partial charge in [-0.2, -0.15) is 8.75 Å². The maximum absolute atomic E-state index is 6.26. The first-order chi connectivity index (χ1) is 13.2. The summed E-state index contributed by atoms with van der Waals surface area (Å²) in [6, 6.07) is 8.66. The van der Waals surface area contributed by atoms with Crippen molar-refractivity contribution in [3.63, 3.8) is 0 Å². The highest BCUT2D eigenvalue weighted by molar-refractivity contribution is 7.31. The first-order valence-electron chi connectivity index (χ1n) is 9.40. The second-order valence-electron chi connectivity index (χ2n) is 6.67. The average Bonchev–Trinajstić information content (AvgIpc) is 3.37. The predicted octanol–water partition coefficient (Wildman–Crippen LogP) is 7.69. The van der Waals surface area contributed by atoms with Crippen molar-refractivity contribution in [2.45, 2.75) is 39.5 Å². The molecule has 3 heterocycles. The lowest BCUT2D eigenvalue weighted by Gasteiger charge is -2.22. The first-order valence-corrected chi connectivity index (χ1v) is 12.1. The summed E-state index contributed by atoms with van der Waals surface area (Å²) in [4.78, 5) is 3.81. The number of unbranched alkanes of at least 4 members (excludes halogenated alkanes) is 2. The highest BCUT2D eigenvalue weighted by Gasteiger charge is 2.16. The lowest BCUT2D eigenvalue weighted by molar-refractivity contribution is 0.682. The van der Waals surface area contributed by atoms with Gasteiger partial charge in [0, 0.05) is 32.9 Å². The molecule has 7 heteroatoms. The molecular formula is C20H22ClN3S3. The molecule has 142 valence electrons. The number of anilines is 1. The monoisotopic (exact) mass is 435 g/mol. The minimum Gasteiger partial charge on any atom is -0.363 e. The molecule has 0 radical (unpaired) electrons. The van der Waals surface area contributed by atoms with Gasteiger partial charge < -0.3 is 4.90 Å². The Labute approximate surface area is 176 Å². The van der Waals surface area contributed by atoms with Crippen LogP contribution in [0.1, 0.15) is 39.5 Å². The van der Waals surface area contributed by atoms with Crippen molar-refractivity contribution in [3.8, 4) is 10.4 Å². The number of hydrogen-bond donors (Lipinski definition) is 0. The van der Waals surface area contributed by atoms with E-state index in [1.165, 1.54) is 56.7 Å². The van der Waals surface area contributed by atoms with Crippen LogP contribution in [0.2, 0.25) is 5.02 Å².